The van der Waals surface area contributed by atoms with Gasteiger partial charge in [0.05, 0.1) is 11.1 Å². The molecule has 0 spiro atoms. The van der Waals surface area contributed by atoms with Gasteiger partial charge in [0.15, 0.2) is 0 Å². The molecule has 6 nitrogen and oxygen atoms in total. The summed E-state index contributed by atoms with van der Waals surface area (Å²) in [7, 11) is 0. The average molecular weight is 355 g/mol. The minimum atomic E-state index is -0.490. The summed E-state index contributed by atoms with van der Waals surface area (Å²) in [6.07, 6.45) is 0. The largest absolute Gasteiger partial charge is 0.340 e. The van der Waals surface area contributed by atoms with E-state index < -0.39 is 11.8 Å². The quantitative estimate of drug-likeness (QED) is 0.497. The van der Waals surface area contributed by atoms with Gasteiger partial charge in [-0.05, 0) is 24.3 Å². The van der Waals surface area contributed by atoms with Crippen molar-refractivity contribution in [1.82, 2.24) is 15.8 Å². The number of halogens is 1. The number of hydrogen-bond donors (Lipinski definition) is 3. The third-order valence-corrected chi connectivity index (χ3v) is 3.69. The van der Waals surface area contributed by atoms with Crippen LogP contribution in [0.5, 0.6) is 0 Å². The maximum Gasteiger partial charge on any atom is 0.270 e. The third-order valence-electron chi connectivity index (χ3n) is 3.44. The van der Waals surface area contributed by atoms with E-state index in [-0.39, 0.29) is 5.88 Å². The van der Waals surface area contributed by atoms with Crippen molar-refractivity contribution in [3.63, 3.8) is 0 Å². The van der Waals surface area contributed by atoms with Crippen LogP contribution in [0, 0.1) is 0 Å². The number of benzene rings is 2. The summed E-state index contributed by atoms with van der Waals surface area (Å²) in [6, 6.07) is 18.4. The molecular formula is C18H15ClN4O2. The Morgan fingerprint density at radius 3 is 2.44 bits per heavy atom. The fourth-order valence-electron chi connectivity index (χ4n) is 2.32. The smallest absolute Gasteiger partial charge is 0.270 e. The molecular weight excluding hydrogens is 340 g/mol. The predicted molar refractivity (Wildman–Crippen MR) is 97.8 cm³/mol. The Balaban J connectivity index is 1.95. The minimum Gasteiger partial charge on any atom is -0.340 e. The van der Waals surface area contributed by atoms with E-state index in [9.17, 15) is 9.59 Å². The predicted octanol–water partition coefficient (Wildman–Crippen LogP) is 2.98. The van der Waals surface area contributed by atoms with Crippen molar-refractivity contribution in [1.29, 1.82) is 0 Å². The first-order valence-corrected chi connectivity index (χ1v) is 8.08. The molecule has 0 fully saturated rings. The number of nitrogens with zero attached hydrogens (tertiary/aromatic N) is 1. The highest BCUT2D eigenvalue weighted by molar-refractivity contribution is 6.27. The van der Waals surface area contributed by atoms with E-state index in [4.69, 9.17) is 11.6 Å². The van der Waals surface area contributed by atoms with Gasteiger partial charge in [0.25, 0.3) is 11.8 Å². The lowest BCUT2D eigenvalue weighted by Gasteiger charge is -2.12. The lowest BCUT2D eigenvalue weighted by molar-refractivity contribution is -0.119. The molecule has 2 amide bonds. The molecule has 126 valence electrons. The molecule has 0 aliphatic rings. The van der Waals surface area contributed by atoms with Crippen molar-refractivity contribution in [3.8, 4) is 0 Å². The molecule has 7 heteroatoms. The molecule has 0 unspecified atom stereocenters. The Hall–Kier alpha value is -3.12. The van der Waals surface area contributed by atoms with Crippen LogP contribution in [-0.2, 0) is 4.79 Å². The Bertz CT molecular complexity index is 915. The van der Waals surface area contributed by atoms with Crippen LogP contribution in [0.2, 0.25) is 0 Å². The van der Waals surface area contributed by atoms with Crippen LogP contribution in [0.3, 0.4) is 0 Å². The molecule has 3 aromatic rings. The zero-order valence-electron chi connectivity index (χ0n) is 13.1. The number of para-hydroxylation sites is 2. The zero-order chi connectivity index (χ0) is 17.6. The van der Waals surface area contributed by atoms with Gasteiger partial charge in [-0.15, -0.1) is 11.6 Å². The van der Waals surface area contributed by atoms with Gasteiger partial charge in [0.1, 0.15) is 11.7 Å². The van der Waals surface area contributed by atoms with Gasteiger partial charge in [-0.1, -0.05) is 36.4 Å². The van der Waals surface area contributed by atoms with Crippen molar-refractivity contribution >= 4 is 45.8 Å². The number of carbonyl (C=O) groups is 2. The number of fused-ring (bicyclic) bond motifs is 1. The summed E-state index contributed by atoms with van der Waals surface area (Å²) in [5.41, 5.74) is 6.51. The van der Waals surface area contributed by atoms with Gasteiger partial charge in [0.2, 0.25) is 0 Å². The van der Waals surface area contributed by atoms with Crippen LogP contribution < -0.4 is 16.2 Å². The lowest BCUT2D eigenvalue weighted by atomic mass is 10.1. The van der Waals surface area contributed by atoms with Gasteiger partial charge in [-0.25, -0.2) is 4.98 Å². The summed E-state index contributed by atoms with van der Waals surface area (Å²) < 4.78 is 0. The molecule has 0 radical (unpaired) electrons. The highest BCUT2D eigenvalue weighted by Gasteiger charge is 2.13. The Morgan fingerprint density at radius 1 is 0.960 bits per heavy atom. The second kappa shape index (κ2) is 7.63. The summed E-state index contributed by atoms with van der Waals surface area (Å²) in [5, 5.41) is 3.85. The molecule has 0 saturated carbocycles. The van der Waals surface area contributed by atoms with E-state index in [1.54, 1.807) is 12.1 Å². The fourth-order valence-corrected chi connectivity index (χ4v) is 2.39. The maximum absolute atomic E-state index is 12.5. The zero-order valence-corrected chi connectivity index (χ0v) is 13.9. The van der Waals surface area contributed by atoms with Crippen molar-refractivity contribution in [2.24, 2.45) is 0 Å². The van der Waals surface area contributed by atoms with Gasteiger partial charge < -0.3 is 5.32 Å². The fraction of sp³-hybridized carbons (Fsp3) is 0.0556. The lowest BCUT2D eigenvalue weighted by Crippen LogP contribution is -2.42. The normalized spacial score (nSPS) is 10.3. The van der Waals surface area contributed by atoms with E-state index in [0.29, 0.717) is 22.3 Å². The summed E-state index contributed by atoms with van der Waals surface area (Å²) >= 11 is 5.41. The number of alkyl halides is 1. The molecule has 3 N–H and O–H groups in total. The number of aromatic nitrogens is 1. The molecule has 0 aliphatic carbocycles. The van der Waals surface area contributed by atoms with Crippen molar-refractivity contribution in [2.75, 3.05) is 11.2 Å². The number of carbonyl (C=O) groups excluding carboxylic acids is 2. The first-order valence-electron chi connectivity index (χ1n) is 7.54. The van der Waals surface area contributed by atoms with Gasteiger partial charge >= 0.3 is 0 Å². The molecule has 1 heterocycles. The van der Waals surface area contributed by atoms with Crippen LogP contribution in [0.4, 0.5) is 11.5 Å². The Kier molecular flexibility index (Phi) is 5.11. The van der Waals surface area contributed by atoms with Crippen LogP contribution in [0.1, 0.15) is 10.4 Å². The monoisotopic (exact) mass is 354 g/mol. The maximum atomic E-state index is 12.5. The third kappa shape index (κ3) is 4.05. The highest BCUT2D eigenvalue weighted by atomic mass is 35.5. The minimum absolute atomic E-state index is 0.238. The molecule has 0 bridgehead atoms. The van der Waals surface area contributed by atoms with Gasteiger partial charge in [0, 0.05) is 11.1 Å². The number of rotatable bonds is 4. The van der Waals surface area contributed by atoms with Crippen molar-refractivity contribution in [3.05, 3.63) is 66.2 Å². The topological polar surface area (TPSA) is 83.1 Å². The number of nitrogens with one attached hydrogen (secondary N) is 3. The number of hydrazine groups is 1. The molecule has 0 saturated heterocycles. The molecule has 3 rings (SSSR count). The van der Waals surface area contributed by atoms with Crippen LogP contribution in [0.25, 0.3) is 10.9 Å². The van der Waals surface area contributed by atoms with E-state index in [1.165, 1.54) is 0 Å². The van der Waals surface area contributed by atoms with E-state index in [0.717, 1.165) is 5.69 Å². The summed E-state index contributed by atoms with van der Waals surface area (Å²) in [6.45, 7) is 0. The molecule has 1 aromatic heterocycles. The second-order valence-corrected chi connectivity index (χ2v) is 5.47. The highest BCUT2D eigenvalue weighted by Crippen LogP contribution is 2.23. The SMILES string of the molecule is O=C(CCl)NNC(=O)c1cc(Nc2ccccc2)nc2ccccc12. The summed E-state index contributed by atoms with van der Waals surface area (Å²) in [4.78, 5) is 28.2. The van der Waals surface area contributed by atoms with Crippen molar-refractivity contribution < 1.29 is 9.59 Å². The Morgan fingerprint density at radius 2 is 1.68 bits per heavy atom. The standard InChI is InChI=1S/C18H15ClN4O2/c19-11-17(24)22-23-18(25)14-10-16(20-12-6-2-1-3-7-12)21-15-9-5-4-8-13(14)15/h1-10H,11H2,(H,20,21)(H,22,24)(H,23,25). The number of amides is 2. The van der Waals surface area contributed by atoms with E-state index in [1.807, 2.05) is 48.5 Å². The molecule has 0 atom stereocenters. The first-order chi connectivity index (χ1) is 12.2. The van der Waals surface area contributed by atoms with E-state index in [2.05, 4.69) is 21.2 Å². The number of anilines is 2. The van der Waals surface area contributed by atoms with Crippen LogP contribution in [0.15, 0.2) is 60.7 Å². The number of pyridine rings is 1. The van der Waals surface area contributed by atoms with E-state index >= 15 is 0 Å². The van der Waals surface area contributed by atoms with Gasteiger partial charge in [-0.2, -0.15) is 0 Å². The van der Waals surface area contributed by atoms with Crippen LogP contribution in [-0.4, -0.2) is 22.7 Å². The summed E-state index contributed by atoms with van der Waals surface area (Å²) in [5.74, 6) is -0.652. The van der Waals surface area contributed by atoms with Crippen LogP contribution >= 0.6 is 11.6 Å². The second-order valence-electron chi connectivity index (χ2n) is 5.20. The molecule has 0 aliphatic heterocycles. The Labute approximate surface area is 149 Å². The number of hydrogen-bond acceptors (Lipinski definition) is 4. The van der Waals surface area contributed by atoms with Crippen molar-refractivity contribution in [2.45, 2.75) is 0 Å². The first kappa shape index (κ1) is 16.7. The molecule has 2 aromatic carbocycles. The molecule has 25 heavy (non-hydrogen) atoms. The van der Waals surface area contributed by atoms with Gasteiger partial charge in [-0.3, -0.25) is 20.4 Å². The average Bonchev–Trinajstić information content (AvgIpc) is 2.66.